The first-order valence-corrected chi connectivity index (χ1v) is 24.0. The summed E-state index contributed by atoms with van der Waals surface area (Å²) in [7, 11) is 6.45. The van der Waals surface area contributed by atoms with E-state index in [4.69, 9.17) is 85.3 Å². The van der Waals surface area contributed by atoms with Crippen LogP contribution in [0.5, 0.6) is 0 Å². The van der Waals surface area contributed by atoms with Crippen molar-refractivity contribution < 1.29 is 109 Å². The van der Waals surface area contributed by atoms with Gasteiger partial charge in [0.2, 0.25) is 5.60 Å². The molecule has 0 spiro atoms. The zero-order chi connectivity index (χ0) is 53.7. The number of hydrogen-bond donors (Lipinski definition) is 4. The summed E-state index contributed by atoms with van der Waals surface area (Å²) in [6.07, 6.45) is -14.5. The highest BCUT2D eigenvalue weighted by Crippen LogP contribution is 2.49. The van der Waals surface area contributed by atoms with Gasteiger partial charge in [0.05, 0.1) is 33.3 Å². The summed E-state index contributed by atoms with van der Waals surface area (Å²) in [6.45, 7) is 15.8. The smallest absolute Gasteiger partial charge is 0.407 e. The molecule has 4 amide bonds. The maximum Gasteiger partial charge on any atom is 0.407 e. The molecule has 8 aliphatic rings. The summed E-state index contributed by atoms with van der Waals surface area (Å²) in [5, 5.41) is 10.9. The average molecular weight is 1050 g/mol. The van der Waals surface area contributed by atoms with Crippen LogP contribution < -0.4 is 21.3 Å². The lowest BCUT2D eigenvalue weighted by Gasteiger charge is -2.39. The quantitative estimate of drug-likeness (QED) is 0.136. The van der Waals surface area contributed by atoms with E-state index in [2.05, 4.69) is 21.3 Å². The highest BCUT2D eigenvalue weighted by molar-refractivity contribution is 5.93. The van der Waals surface area contributed by atoms with Gasteiger partial charge in [-0.25, -0.2) is 9.59 Å². The Morgan fingerprint density at radius 3 is 0.932 bits per heavy atom. The predicted molar refractivity (Wildman–Crippen MR) is 239 cm³/mol. The van der Waals surface area contributed by atoms with Crippen LogP contribution >= 0.6 is 0 Å². The highest BCUT2D eigenvalue weighted by Gasteiger charge is 2.72. The van der Waals surface area contributed by atoms with Crippen molar-refractivity contribution in [3.63, 3.8) is 0 Å². The molecule has 27 nitrogen and oxygen atoms in total. The molecule has 0 bridgehead atoms. The summed E-state index contributed by atoms with van der Waals surface area (Å²) in [5.74, 6) is -8.29. The van der Waals surface area contributed by atoms with Crippen molar-refractivity contribution in [2.45, 2.75) is 201 Å². The molecule has 73 heavy (non-hydrogen) atoms. The van der Waals surface area contributed by atoms with Gasteiger partial charge in [0, 0.05) is 28.4 Å². The van der Waals surface area contributed by atoms with E-state index in [0.717, 1.165) is 7.11 Å². The molecule has 8 saturated heterocycles. The van der Waals surface area contributed by atoms with Gasteiger partial charge in [0.1, 0.15) is 54.4 Å². The van der Waals surface area contributed by atoms with Gasteiger partial charge < -0.3 is 107 Å². The van der Waals surface area contributed by atoms with E-state index < -0.39 is 181 Å². The van der Waals surface area contributed by atoms with Gasteiger partial charge in [-0.1, -0.05) is 0 Å². The fraction of sp³-hybridized carbons (Fsp3) is 0.891. The van der Waals surface area contributed by atoms with Gasteiger partial charge >= 0.3 is 12.1 Å². The number of rotatable bonds is 16. The lowest BCUT2D eigenvalue weighted by Crippen LogP contribution is -2.69. The molecule has 0 unspecified atom stereocenters. The summed E-state index contributed by atoms with van der Waals surface area (Å²) >= 11 is 0. The van der Waals surface area contributed by atoms with Crippen molar-refractivity contribution in [2.75, 3.05) is 61.7 Å². The number of carbonyl (C=O) groups excluding carboxylic acids is 5. The Morgan fingerprint density at radius 2 is 0.658 bits per heavy atom. The van der Waals surface area contributed by atoms with E-state index in [1.165, 1.54) is 28.4 Å². The van der Waals surface area contributed by atoms with Gasteiger partial charge in [-0.2, -0.15) is 0 Å². The molecule has 27 heteroatoms. The molecule has 4 N–H and O–H groups in total. The Hall–Kier alpha value is -3.49. The Morgan fingerprint density at radius 1 is 0.397 bits per heavy atom. The number of ether oxygens (including phenoxy) is 18. The Balaban J connectivity index is 1.10. The van der Waals surface area contributed by atoms with E-state index in [-0.39, 0.29) is 0 Å². The topological polar surface area (TPSA) is 300 Å². The Bertz CT molecular complexity index is 2140. The van der Waals surface area contributed by atoms with Crippen LogP contribution in [0.4, 0.5) is 4.79 Å². The molecule has 414 valence electrons. The molecular weight excluding hydrogens is 977 g/mol. The zero-order valence-corrected chi connectivity index (χ0v) is 44.1. The fourth-order valence-electron chi connectivity index (χ4n) is 11.0. The molecule has 0 aromatic rings. The second-order valence-corrected chi connectivity index (χ2v) is 21.9. The maximum atomic E-state index is 15.3. The van der Waals surface area contributed by atoms with E-state index >= 15 is 9.59 Å². The normalized spacial score (nSPS) is 42.1. The molecule has 8 heterocycles. The summed E-state index contributed by atoms with van der Waals surface area (Å²) in [6, 6.07) is 0. The Labute approximate surface area is 422 Å². The minimum absolute atomic E-state index is 0.519. The SMILES string of the molecule is COC(=O)[C@@]1(CNC(=O)[C@@]2(CNC(=O)[C@@]3(CNC(=O)[C@@]4(CNC(=O)OC(C)(C)C)O[C@@H]5OC(C)(C)O[C@@H]5[C@H]4OC)O[C@@H]4OC(C)(C)O[C@@H]4[C@H]3OC)O[C@@H]3OC(C)(C)O[C@@H]3[C@H]2OC)O[C@@H]2OC(C)(C)O[C@@H]2[C@H]1OC. The summed E-state index contributed by atoms with van der Waals surface area (Å²) in [5.41, 5.74) is -9.42. The fourth-order valence-corrected chi connectivity index (χ4v) is 11.0. The van der Waals surface area contributed by atoms with Crippen LogP contribution in [0.3, 0.4) is 0 Å². The van der Waals surface area contributed by atoms with Crippen LogP contribution in [0, 0.1) is 0 Å². The first kappa shape index (κ1) is 55.7. The van der Waals surface area contributed by atoms with Crippen LogP contribution in [-0.2, 0) is 104 Å². The number of alkyl carbamates (subject to hydrolysis) is 1. The molecule has 0 saturated carbocycles. The third kappa shape index (κ3) is 9.84. The van der Waals surface area contributed by atoms with Crippen LogP contribution in [0.25, 0.3) is 0 Å². The van der Waals surface area contributed by atoms with Crippen molar-refractivity contribution in [1.29, 1.82) is 0 Å². The molecule has 0 radical (unpaired) electrons. The van der Waals surface area contributed by atoms with Gasteiger partial charge in [-0.15, -0.1) is 0 Å². The lowest BCUT2D eigenvalue weighted by molar-refractivity contribution is -0.247. The Kier molecular flexibility index (Phi) is 14.7. The summed E-state index contributed by atoms with van der Waals surface area (Å²) in [4.78, 5) is 72.2. The number of esters is 1. The standard InChI is InChI=1S/C46H72N4O23/c1-38(2,3)73-37(55)50-19-45(27(58-14)23-31(71-45)67-41(8,9)63-23)35(53)48-17-43(25(56-12)21-29(69-43)65-39(4,5)61-21)33(51)47-18-44(26(57-13)22-30(70-44)66-40(6,7)62-22)34(52)49-20-46(36(54)60-16)28(59-15)24-32(72-46)68-42(10,11)64-24/h21-32H,17-20H2,1-16H3,(H,47,51)(H,48,53)(H,49,52)(H,50,55)/t21-,22-,23-,24-,25-,26-,27-,28-,29+,30+,31+,32+,43+,44+,45+,46+/m1/s1. The monoisotopic (exact) mass is 1050 g/mol. The molecule has 16 atom stereocenters. The third-order valence-electron chi connectivity index (χ3n) is 13.8. The first-order chi connectivity index (χ1) is 33.9. The largest absolute Gasteiger partial charge is 0.467 e. The average Bonchev–Trinajstić information content (AvgIpc) is 4.14. The van der Waals surface area contributed by atoms with E-state index in [9.17, 15) is 14.4 Å². The van der Waals surface area contributed by atoms with Crippen LogP contribution in [-0.4, -0.2) is 217 Å². The van der Waals surface area contributed by atoms with Crippen molar-refractivity contribution in [2.24, 2.45) is 0 Å². The second kappa shape index (κ2) is 19.2. The van der Waals surface area contributed by atoms with Gasteiger partial charge in [-0.05, 0) is 76.2 Å². The van der Waals surface area contributed by atoms with Crippen LogP contribution in [0.15, 0.2) is 0 Å². The van der Waals surface area contributed by atoms with Crippen molar-refractivity contribution in [3.05, 3.63) is 0 Å². The third-order valence-corrected chi connectivity index (χ3v) is 13.8. The number of methoxy groups -OCH3 is 5. The number of amides is 4. The van der Waals surface area contributed by atoms with E-state index in [1.54, 1.807) is 76.2 Å². The summed E-state index contributed by atoms with van der Waals surface area (Å²) < 4.78 is 108. The number of carbonyl (C=O) groups is 5. The minimum atomic E-state index is -2.23. The van der Waals surface area contributed by atoms with Gasteiger partial charge in [0.25, 0.3) is 17.7 Å². The molecule has 8 fully saturated rings. The minimum Gasteiger partial charge on any atom is -0.467 e. The molecular formula is C46H72N4O23. The number of hydrogen-bond acceptors (Lipinski definition) is 23. The second-order valence-electron chi connectivity index (χ2n) is 21.9. The molecule has 8 rings (SSSR count). The van der Waals surface area contributed by atoms with Crippen LogP contribution in [0.2, 0.25) is 0 Å². The van der Waals surface area contributed by atoms with Gasteiger partial charge in [0.15, 0.2) is 65.1 Å². The predicted octanol–water partition coefficient (Wildman–Crippen LogP) is -0.921. The van der Waals surface area contributed by atoms with E-state index in [0.29, 0.717) is 0 Å². The van der Waals surface area contributed by atoms with E-state index in [1.807, 2.05) is 0 Å². The van der Waals surface area contributed by atoms with Crippen molar-refractivity contribution in [1.82, 2.24) is 21.3 Å². The zero-order valence-electron chi connectivity index (χ0n) is 44.1. The molecule has 0 aliphatic carbocycles. The molecule has 0 aromatic heterocycles. The van der Waals surface area contributed by atoms with Crippen LogP contribution in [0.1, 0.15) is 76.2 Å². The number of nitrogens with one attached hydrogen (secondary N) is 4. The number of fused-ring (bicyclic) bond motifs is 4. The lowest BCUT2D eigenvalue weighted by atomic mass is 9.89. The molecule has 0 aromatic carbocycles. The van der Waals surface area contributed by atoms with Gasteiger partial charge in [-0.3, -0.25) is 14.4 Å². The maximum absolute atomic E-state index is 15.3. The first-order valence-electron chi connectivity index (χ1n) is 24.0. The van der Waals surface area contributed by atoms with Crippen molar-refractivity contribution >= 4 is 29.8 Å². The van der Waals surface area contributed by atoms with Crippen molar-refractivity contribution in [3.8, 4) is 0 Å². The highest BCUT2D eigenvalue weighted by atomic mass is 16.9. The molecule has 8 aliphatic heterocycles.